The molecule has 1 amide bonds. The Kier molecular flexibility index (Phi) is 8.63. The van der Waals surface area contributed by atoms with Crippen molar-refractivity contribution in [1.29, 1.82) is 0 Å². The van der Waals surface area contributed by atoms with Gasteiger partial charge in [0.15, 0.2) is 5.78 Å². The Morgan fingerprint density at radius 3 is 2.28 bits per heavy atom. The van der Waals surface area contributed by atoms with E-state index in [0.717, 1.165) is 32.4 Å². The molecule has 0 bridgehead atoms. The maximum absolute atomic E-state index is 12.4. The molecule has 1 saturated heterocycles. The Balaban J connectivity index is 2.59. The Morgan fingerprint density at radius 2 is 1.80 bits per heavy atom. The Hall–Kier alpha value is -1.36. The number of nitrogens with zero attached hydrogens (tertiary/aromatic N) is 1. The third-order valence-electron chi connectivity index (χ3n) is 4.94. The number of rotatable bonds is 9. The molecule has 144 valence electrons. The van der Waals surface area contributed by atoms with Gasteiger partial charge in [-0.05, 0) is 58.4 Å². The summed E-state index contributed by atoms with van der Waals surface area (Å²) in [5, 5.41) is 0. The third kappa shape index (κ3) is 6.46. The van der Waals surface area contributed by atoms with E-state index in [9.17, 15) is 9.59 Å². The average molecular weight is 354 g/mol. The van der Waals surface area contributed by atoms with Crippen molar-refractivity contribution in [2.75, 3.05) is 13.1 Å². The van der Waals surface area contributed by atoms with Crippen LogP contribution < -0.4 is 0 Å². The number of carbonyl (C=O) groups excluding carboxylic acids is 2. The first-order valence-electron chi connectivity index (χ1n) is 9.57. The molecule has 5 nitrogen and oxygen atoms in total. The summed E-state index contributed by atoms with van der Waals surface area (Å²) in [5.74, 6) is -0.0693. The molecule has 1 aliphatic heterocycles. The molecule has 0 spiro atoms. The second-order valence-electron chi connectivity index (χ2n) is 7.32. The van der Waals surface area contributed by atoms with E-state index in [1.807, 2.05) is 20.8 Å². The minimum absolute atomic E-state index is 0.0693. The molecule has 1 rings (SSSR count). The van der Waals surface area contributed by atoms with Crippen molar-refractivity contribution >= 4 is 11.9 Å². The van der Waals surface area contributed by atoms with E-state index in [1.165, 1.54) is 6.42 Å². The van der Waals surface area contributed by atoms with Crippen LogP contribution in [0.25, 0.3) is 0 Å². The van der Waals surface area contributed by atoms with E-state index >= 15 is 0 Å². The van der Waals surface area contributed by atoms with Crippen molar-refractivity contribution in [3.05, 3.63) is 12.2 Å². The van der Waals surface area contributed by atoms with E-state index in [-0.39, 0.29) is 24.1 Å². The molecule has 3 unspecified atom stereocenters. The summed E-state index contributed by atoms with van der Waals surface area (Å²) in [6, 6.07) is 0. The van der Waals surface area contributed by atoms with Gasteiger partial charge in [0.2, 0.25) is 0 Å². The van der Waals surface area contributed by atoms with Gasteiger partial charge in [0, 0.05) is 19.5 Å². The predicted octanol–water partition coefficient (Wildman–Crippen LogP) is 4.50. The van der Waals surface area contributed by atoms with Gasteiger partial charge in [-0.15, -0.1) is 0 Å². The number of ketones is 1. The fraction of sp³-hybridized carbons (Fsp3) is 0.800. The highest BCUT2D eigenvalue weighted by Gasteiger charge is 2.35. The normalized spacial score (nSPS) is 19.6. The molecule has 0 aromatic carbocycles. The number of hydrogen-bond acceptors (Lipinski definition) is 4. The molecule has 3 atom stereocenters. The molecule has 0 aromatic heterocycles. The number of hydrogen-bond donors (Lipinski definition) is 0. The summed E-state index contributed by atoms with van der Waals surface area (Å²) in [7, 11) is 0. The zero-order valence-electron chi connectivity index (χ0n) is 16.6. The van der Waals surface area contributed by atoms with E-state index in [1.54, 1.807) is 18.7 Å². The van der Waals surface area contributed by atoms with Gasteiger partial charge in [0.05, 0.1) is 6.10 Å². The lowest BCUT2D eigenvalue weighted by Crippen LogP contribution is -2.42. The topological polar surface area (TPSA) is 55.8 Å². The number of Topliss-reactive ketones (excluding diaryl/α,β-unsaturated/α-hetero) is 1. The third-order valence-corrected chi connectivity index (χ3v) is 4.94. The molecule has 1 fully saturated rings. The van der Waals surface area contributed by atoms with Crippen LogP contribution in [-0.4, -0.2) is 47.7 Å². The van der Waals surface area contributed by atoms with Crippen molar-refractivity contribution in [2.24, 2.45) is 0 Å². The summed E-state index contributed by atoms with van der Waals surface area (Å²) < 4.78 is 11.7. The van der Waals surface area contributed by atoms with Crippen LogP contribution >= 0.6 is 0 Å². The van der Waals surface area contributed by atoms with Gasteiger partial charge in [-0.1, -0.05) is 20.4 Å². The first-order valence-corrected chi connectivity index (χ1v) is 9.57. The minimum atomic E-state index is -0.875. The summed E-state index contributed by atoms with van der Waals surface area (Å²) >= 11 is 0. The Bertz CT molecular complexity index is 470. The maximum Gasteiger partial charge on any atom is 0.410 e. The minimum Gasteiger partial charge on any atom is -0.446 e. The fourth-order valence-corrected chi connectivity index (χ4v) is 3.20. The van der Waals surface area contributed by atoms with Crippen LogP contribution in [0, 0.1) is 0 Å². The molecular weight excluding hydrogens is 318 g/mol. The fourth-order valence-electron chi connectivity index (χ4n) is 3.20. The monoisotopic (exact) mass is 353 g/mol. The van der Waals surface area contributed by atoms with E-state index in [2.05, 4.69) is 6.58 Å². The van der Waals surface area contributed by atoms with Gasteiger partial charge in [-0.25, -0.2) is 4.79 Å². The Morgan fingerprint density at radius 1 is 1.20 bits per heavy atom. The highest BCUT2D eigenvalue weighted by Crippen LogP contribution is 2.25. The lowest BCUT2D eigenvalue weighted by molar-refractivity contribution is -0.148. The van der Waals surface area contributed by atoms with Crippen LogP contribution in [-0.2, 0) is 14.3 Å². The van der Waals surface area contributed by atoms with Crippen molar-refractivity contribution in [3.8, 4) is 0 Å². The molecular formula is C20H35NO4. The number of amides is 1. The SMILES string of the molecule is C=C(C)C(=O)C(C)(CC)OC(C)CC(CC)OC(=O)N1CCCCC1. The van der Waals surface area contributed by atoms with Gasteiger partial charge in [0.1, 0.15) is 11.7 Å². The zero-order chi connectivity index (χ0) is 19.0. The average Bonchev–Trinajstić information content (AvgIpc) is 2.60. The van der Waals surface area contributed by atoms with Gasteiger partial charge in [-0.2, -0.15) is 0 Å². The van der Waals surface area contributed by atoms with Crippen molar-refractivity contribution < 1.29 is 19.1 Å². The molecule has 0 N–H and O–H groups in total. The lowest BCUT2D eigenvalue weighted by Gasteiger charge is -2.33. The van der Waals surface area contributed by atoms with Crippen molar-refractivity contribution in [2.45, 2.75) is 91.0 Å². The molecule has 25 heavy (non-hydrogen) atoms. The molecule has 5 heteroatoms. The van der Waals surface area contributed by atoms with Crippen LogP contribution in [0.5, 0.6) is 0 Å². The number of piperidine rings is 1. The van der Waals surface area contributed by atoms with Gasteiger partial charge < -0.3 is 14.4 Å². The van der Waals surface area contributed by atoms with Gasteiger partial charge in [0.25, 0.3) is 0 Å². The standard InChI is InChI=1S/C20H35NO4/c1-7-17(24-19(23)21-12-10-9-11-13-21)14-16(5)25-20(6,8-2)18(22)15(3)4/h16-17H,3,7-14H2,1-2,4-6H3. The molecule has 1 heterocycles. The van der Waals surface area contributed by atoms with Crippen LogP contribution in [0.1, 0.15) is 73.1 Å². The van der Waals surface area contributed by atoms with Crippen LogP contribution in [0.4, 0.5) is 4.79 Å². The quantitative estimate of drug-likeness (QED) is 0.573. The first-order chi connectivity index (χ1) is 11.7. The summed E-state index contributed by atoms with van der Waals surface area (Å²) in [6.45, 7) is 14.7. The summed E-state index contributed by atoms with van der Waals surface area (Å²) in [6.07, 6.45) is 4.53. The maximum atomic E-state index is 12.4. The lowest BCUT2D eigenvalue weighted by atomic mass is 9.92. The largest absolute Gasteiger partial charge is 0.446 e. The molecule has 1 aliphatic rings. The van der Waals surface area contributed by atoms with Crippen LogP contribution in [0.15, 0.2) is 12.2 Å². The number of carbonyl (C=O) groups is 2. The second-order valence-corrected chi connectivity index (χ2v) is 7.32. The van der Waals surface area contributed by atoms with Crippen molar-refractivity contribution in [3.63, 3.8) is 0 Å². The van der Waals surface area contributed by atoms with Crippen LogP contribution in [0.3, 0.4) is 0 Å². The Labute approximate surface area is 152 Å². The molecule has 0 aliphatic carbocycles. The summed E-state index contributed by atoms with van der Waals surface area (Å²) in [4.78, 5) is 26.4. The molecule has 0 saturated carbocycles. The predicted molar refractivity (Wildman–Crippen MR) is 99.7 cm³/mol. The zero-order valence-corrected chi connectivity index (χ0v) is 16.6. The first kappa shape index (κ1) is 21.7. The van der Waals surface area contributed by atoms with Crippen molar-refractivity contribution in [1.82, 2.24) is 4.90 Å². The van der Waals surface area contributed by atoms with Gasteiger partial charge in [-0.3, -0.25) is 4.79 Å². The van der Waals surface area contributed by atoms with E-state index < -0.39 is 5.60 Å². The summed E-state index contributed by atoms with van der Waals surface area (Å²) in [5.41, 5.74) is -0.374. The highest BCUT2D eigenvalue weighted by atomic mass is 16.6. The number of likely N-dealkylation sites (tertiary alicyclic amines) is 1. The van der Waals surface area contributed by atoms with E-state index in [4.69, 9.17) is 9.47 Å². The van der Waals surface area contributed by atoms with E-state index in [0.29, 0.717) is 18.4 Å². The molecule has 0 aromatic rings. The van der Waals surface area contributed by atoms with Gasteiger partial charge >= 0.3 is 6.09 Å². The molecule has 0 radical (unpaired) electrons. The smallest absolute Gasteiger partial charge is 0.410 e. The highest BCUT2D eigenvalue weighted by molar-refractivity contribution is 6.00. The number of ether oxygens (including phenoxy) is 2. The second kappa shape index (κ2) is 9.95. The van der Waals surface area contributed by atoms with Crippen LogP contribution in [0.2, 0.25) is 0 Å².